The van der Waals surface area contributed by atoms with Crippen LogP contribution in [-0.2, 0) is 0 Å². The highest BCUT2D eigenvalue weighted by Crippen LogP contribution is 2.51. The lowest BCUT2D eigenvalue weighted by Crippen LogP contribution is -1.96. The summed E-state index contributed by atoms with van der Waals surface area (Å²) in [6.45, 7) is 0. The SMILES string of the molecule is c1ccc(-c2ccc(-n3c4ccccc4c4c5sc6ccccc6c5c5c(c6ccccc6n5-c5ccccc5)c43)cc2)cc1. The lowest BCUT2D eigenvalue weighted by Gasteiger charge is -2.12. The van der Waals surface area contributed by atoms with Crippen LogP contribution in [0.2, 0.25) is 0 Å². The van der Waals surface area contributed by atoms with E-state index in [4.69, 9.17) is 0 Å². The van der Waals surface area contributed by atoms with Crippen molar-refractivity contribution < 1.29 is 0 Å². The maximum absolute atomic E-state index is 2.51. The molecule has 0 spiro atoms. The molecule has 10 rings (SSSR count). The second-order valence-electron chi connectivity index (χ2n) is 11.7. The van der Waals surface area contributed by atoms with Crippen LogP contribution < -0.4 is 0 Å². The first-order valence-corrected chi connectivity index (χ1v) is 16.2. The van der Waals surface area contributed by atoms with Crippen molar-refractivity contribution in [1.29, 1.82) is 0 Å². The lowest BCUT2D eigenvalue weighted by atomic mass is 10.0. The summed E-state index contributed by atoms with van der Waals surface area (Å²) in [5.41, 5.74) is 9.77. The first-order chi connectivity index (χ1) is 22.4. The molecule has 10 aromatic rings. The topological polar surface area (TPSA) is 9.86 Å². The summed E-state index contributed by atoms with van der Waals surface area (Å²) in [7, 11) is 0. The first kappa shape index (κ1) is 24.8. The van der Waals surface area contributed by atoms with Crippen molar-refractivity contribution >= 4 is 75.1 Å². The summed E-state index contributed by atoms with van der Waals surface area (Å²) in [6.07, 6.45) is 0. The van der Waals surface area contributed by atoms with Gasteiger partial charge in [0.05, 0.1) is 22.1 Å². The third-order valence-electron chi connectivity index (χ3n) is 9.29. The quantitative estimate of drug-likeness (QED) is 0.194. The van der Waals surface area contributed by atoms with Gasteiger partial charge in [0.2, 0.25) is 0 Å². The van der Waals surface area contributed by atoms with E-state index in [0.717, 1.165) is 0 Å². The molecule has 0 aliphatic heterocycles. The van der Waals surface area contributed by atoms with Crippen molar-refractivity contribution in [3.8, 4) is 22.5 Å². The number of hydrogen-bond acceptors (Lipinski definition) is 1. The van der Waals surface area contributed by atoms with Gasteiger partial charge in [-0.25, -0.2) is 0 Å². The highest BCUT2D eigenvalue weighted by Gasteiger charge is 2.26. The van der Waals surface area contributed by atoms with Crippen LogP contribution in [0, 0.1) is 0 Å². The van der Waals surface area contributed by atoms with Gasteiger partial charge in [0.1, 0.15) is 0 Å². The van der Waals surface area contributed by atoms with E-state index in [-0.39, 0.29) is 0 Å². The first-order valence-electron chi connectivity index (χ1n) is 15.4. The highest BCUT2D eigenvalue weighted by molar-refractivity contribution is 7.27. The van der Waals surface area contributed by atoms with E-state index >= 15 is 0 Å². The van der Waals surface area contributed by atoms with Crippen LogP contribution in [0.25, 0.3) is 86.3 Å². The molecule has 3 aromatic heterocycles. The van der Waals surface area contributed by atoms with E-state index in [2.05, 4.69) is 167 Å². The standard InChI is InChI=1S/C42H26N2S/c1-3-13-27(14-4-1)28-23-25-30(26-24-28)44-35-21-11-8-18-32(35)38-40(44)37-31-17-7-10-20-34(31)43(29-15-5-2-6-16-29)41(37)39-33-19-9-12-22-36(33)45-42(38)39/h1-26H. The zero-order valence-corrected chi connectivity index (χ0v) is 25.1. The van der Waals surface area contributed by atoms with Gasteiger partial charge in [-0.1, -0.05) is 115 Å². The predicted octanol–water partition coefficient (Wildman–Crippen LogP) is 11.9. The molecule has 0 fully saturated rings. The van der Waals surface area contributed by atoms with Gasteiger partial charge in [0.15, 0.2) is 0 Å². The summed E-state index contributed by atoms with van der Waals surface area (Å²) in [6, 6.07) is 57.3. The van der Waals surface area contributed by atoms with Crippen molar-refractivity contribution in [3.05, 3.63) is 158 Å². The monoisotopic (exact) mass is 590 g/mol. The van der Waals surface area contributed by atoms with Crippen molar-refractivity contribution in [2.24, 2.45) is 0 Å². The third-order valence-corrected chi connectivity index (χ3v) is 10.5. The molecule has 0 saturated carbocycles. The zero-order chi connectivity index (χ0) is 29.5. The Balaban J connectivity index is 1.46. The Labute approximate surface area is 263 Å². The van der Waals surface area contributed by atoms with Crippen LogP contribution >= 0.6 is 11.3 Å². The summed E-state index contributed by atoms with van der Waals surface area (Å²) >= 11 is 1.92. The van der Waals surface area contributed by atoms with Gasteiger partial charge in [-0.3, -0.25) is 0 Å². The van der Waals surface area contributed by atoms with E-state index < -0.39 is 0 Å². The van der Waals surface area contributed by atoms with Gasteiger partial charge in [-0.15, -0.1) is 11.3 Å². The van der Waals surface area contributed by atoms with Gasteiger partial charge in [0.25, 0.3) is 0 Å². The van der Waals surface area contributed by atoms with Gasteiger partial charge < -0.3 is 9.13 Å². The number of fused-ring (bicyclic) bond motifs is 12. The van der Waals surface area contributed by atoms with E-state index in [1.165, 1.54) is 86.3 Å². The molecule has 7 aromatic carbocycles. The molecule has 0 aliphatic carbocycles. The number of thiophene rings is 1. The molecule has 3 heteroatoms. The van der Waals surface area contributed by atoms with Gasteiger partial charge >= 0.3 is 0 Å². The van der Waals surface area contributed by atoms with Crippen molar-refractivity contribution in [2.45, 2.75) is 0 Å². The molecule has 45 heavy (non-hydrogen) atoms. The lowest BCUT2D eigenvalue weighted by molar-refractivity contribution is 1.18. The van der Waals surface area contributed by atoms with E-state index in [0.29, 0.717) is 0 Å². The number of rotatable bonds is 3. The summed E-state index contributed by atoms with van der Waals surface area (Å²) in [5, 5.41) is 7.83. The normalized spacial score (nSPS) is 12.0. The molecular formula is C42H26N2S. The molecule has 0 bridgehead atoms. The maximum Gasteiger partial charge on any atom is 0.0656 e. The Hall–Kier alpha value is -5.64. The Morgan fingerprint density at radius 2 is 0.822 bits per heavy atom. The molecule has 0 N–H and O–H groups in total. The van der Waals surface area contributed by atoms with Crippen molar-refractivity contribution in [1.82, 2.24) is 9.13 Å². The van der Waals surface area contributed by atoms with E-state index in [1.807, 2.05) is 11.3 Å². The minimum Gasteiger partial charge on any atom is -0.308 e. The van der Waals surface area contributed by atoms with Crippen LogP contribution in [0.5, 0.6) is 0 Å². The molecule has 0 aliphatic rings. The molecule has 3 heterocycles. The fourth-order valence-corrected chi connectivity index (χ4v) is 8.69. The van der Waals surface area contributed by atoms with Gasteiger partial charge in [0, 0.05) is 53.1 Å². The smallest absolute Gasteiger partial charge is 0.0656 e. The van der Waals surface area contributed by atoms with E-state index in [9.17, 15) is 0 Å². The number of aromatic nitrogens is 2. The predicted molar refractivity (Wildman–Crippen MR) is 193 cm³/mol. The number of hydrogen-bond donors (Lipinski definition) is 0. The van der Waals surface area contributed by atoms with Gasteiger partial charge in [-0.2, -0.15) is 0 Å². The van der Waals surface area contributed by atoms with E-state index in [1.54, 1.807) is 0 Å². The average Bonchev–Trinajstić information content (AvgIpc) is 3.77. The summed E-state index contributed by atoms with van der Waals surface area (Å²) in [4.78, 5) is 0. The molecule has 0 unspecified atom stereocenters. The van der Waals surface area contributed by atoms with Crippen molar-refractivity contribution in [2.75, 3.05) is 0 Å². The van der Waals surface area contributed by atoms with Crippen LogP contribution in [0.15, 0.2) is 158 Å². The Morgan fingerprint density at radius 3 is 1.49 bits per heavy atom. The van der Waals surface area contributed by atoms with Crippen LogP contribution in [0.3, 0.4) is 0 Å². The van der Waals surface area contributed by atoms with Gasteiger partial charge in [-0.05, 0) is 53.6 Å². The fraction of sp³-hybridized carbons (Fsp3) is 0. The Kier molecular flexibility index (Phi) is 5.19. The van der Waals surface area contributed by atoms with Crippen LogP contribution in [0.4, 0.5) is 0 Å². The molecule has 0 atom stereocenters. The maximum atomic E-state index is 2.51. The van der Waals surface area contributed by atoms with Crippen LogP contribution in [-0.4, -0.2) is 9.13 Å². The largest absolute Gasteiger partial charge is 0.308 e. The Morgan fingerprint density at radius 1 is 0.356 bits per heavy atom. The highest BCUT2D eigenvalue weighted by atomic mass is 32.1. The minimum atomic E-state index is 1.17. The number of para-hydroxylation sites is 3. The van der Waals surface area contributed by atoms with Crippen molar-refractivity contribution in [3.63, 3.8) is 0 Å². The number of benzene rings is 7. The fourth-order valence-electron chi connectivity index (χ4n) is 7.43. The molecule has 2 nitrogen and oxygen atoms in total. The second-order valence-corrected chi connectivity index (χ2v) is 12.8. The summed E-state index contributed by atoms with van der Waals surface area (Å²) in [5.74, 6) is 0. The average molecular weight is 591 g/mol. The Bertz CT molecular complexity index is 2730. The minimum absolute atomic E-state index is 1.17. The second kappa shape index (κ2) is 9.43. The molecular weight excluding hydrogens is 565 g/mol. The molecule has 0 radical (unpaired) electrons. The molecule has 0 saturated heterocycles. The molecule has 0 amide bonds. The summed E-state index contributed by atoms with van der Waals surface area (Å²) < 4.78 is 7.66. The number of nitrogens with zero attached hydrogens (tertiary/aromatic N) is 2. The van der Waals surface area contributed by atoms with Crippen LogP contribution in [0.1, 0.15) is 0 Å². The molecule has 210 valence electrons. The third kappa shape index (κ3) is 3.44. The zero-order valence-electron chi connectivity index (χ0n) is 24.3.